The summed E-state index contributed by atoms with van der Waals surface area (Å²) in [5, 5.41) is 28.9. The summed E-state index contributed by atoms with van der Waals surface area (Å²) in [7, 11) is 0. The highest BCUT2D eigenvalue weighted by atomic mass is 16.4. The van der Waals surface area contributed by atoms with E-state index in [1.165, 1.54) is 0 Å². The summed E-state index contributed by atoms with van der Waals surface area (Å²) >= 11 is 0. The van der Waals surface area contributed by atoms with Crippen molar-refractivity contribution in [3.05, 3.63) is 35.5 Å². The maximum absolute atomic E-state index is 12.3. The minimum atomic E-state index is -0.779. The molecule has 2 aromatic rings. The molecule has 0 unspecified atom stereocenters. The van der Waals surface area contributed by atoms with Gasteiger partial charge in [0.1, 0.15) is 17.1 Å². The van der Waals surface area contributed by atoms with Gasteiger partial charge in [-0.1, -0.05) is 0 Å². The second-order valence-corrected chi connectivity index (χ2v) is 9.58. The molecular weight excluding hydrogens is 486 g/mol. The zero-order valence-electron chi connectivity index (χ0n) is 21.3. The first-order valence-corrected chi connectivity index (χ1v) is 12.8. The van der Waals surface area contributed by atoms with E-state index in [-0.39, 0.29) is 23.5 Å². The molecule has 4 rings (SSSR count). The lowest BCUT2D eigenvalue weighted by Gasteiger charge is -2.36. The molecule has 38 heavy (non-hydrogen) atoms. The highest BCUT2D eigenvalue weighted by Crippen LogP contribution is 2.28. The lowest BCUT2D eigenvalue weighted by molar-refractivity contribution is -0.137. The number of hydrogen-bond acceptors (Lipinski definition) is 10. The van der Waals surface area contributed by atoms with E-state index in [9.17, 15) is 9.59 Å². The summed E-state index contributed by atoms with van der Waals surface area (Å²) in [5.74, 6) is -0.475. The third-order valence-corrected chi connectivity index (χ3v) is 7.10. The summed E-state index contributed by atoms with van der Waals surface area (Å²) in [6, 6.07) is 10.0. The van der Waals surface area contributed by atoms with Crippen molar-refractivity contribution in [2.45, 2.75) is 25.7 Å². The van der Waals surface area contributed by atoms with E-state index in [4.69, 9.17) is 21.5 Å². The van der Waals surface area contributed by atoms with E-state index in [1.807, 2.05) is 29.2 Å². The summed E-state index contributed by atoms with van der Waals surface area (Å²) in [6.45, 7) is 5.17. The van der Waals surface area contributed by atoms with Crippen molar-refractivity contribution in [1.29, 1.82) is 10.7 Å². The minimum absolute atomic E-state index is 0.0599. The van der Waals surface area contributed by atoms with Crippen LogP contribution in [0, 0.1) is 22.7 Å². The Kier molecular flexibility index (Phi) is 8.70. The molecule has 200 valence electrons. The van der Waals surface area contributed by atoms with Crippen molar-refractivity contribution < 1.29 is 14.7 Å². The number of carbonyl (C=O) groups is 2. The number of nitrogens with one attached hydrogen (secondary N) is 2. The summed E-state index contributed by atoms with van der Waals surface area (Å²) in [4.78, 5) is 38.6. The Morgan fingerprint density at radius 3 is 2.37 bits per heavy atom. The quantitative estimate of drug-likeness (QED) is 0.340. The topological polar surface area (TPSA) is 176 Å². The number of piperazine rings is 1. The molecule has 0 bridgehead atoms. The van der Waals surface area contributed by atoms with Crippen LogP contribution < -0.4 is 20.9 Å². The summed E-state index contributed by atoms with van der Waals surface area (Å²) < 4.78 is 0. The van der Waals surface area contributed by atoms with Gasteiger partial charge in [-0.25, -0.2) is 4.98 Å². The number of primary amides is 1. The fourth-order valence-electron chi connectivity index (χ4n) is 4.89. The van der Waals surface area contributed by atoms with Crippen LogP contribution in [0.1, 0.15) is 41.7 Å². The largest absolute Gasteiger partial charge is 0.481 e. The number of carboxylic acids is 1. The van der Waals surface area contributed by atoms with Gasteiger partial charge >= 0.3 is 5.97 Å². The number of nitriles is 1. The smallest absolute Gasteiger partial charge is 0.304 e. The lowest BCUT2D eigenvalue weighted by Crippen LogP contribution is -2.46. The molecular formula is C26H33N9O3. The molecule has 1 aromatic carbocycles. The number of aromatic nitrogens is 2. The van der Waals surface area contributed by atoms with Crippen molar-refractivity contribution in [1.82, 2.24) is 14.9 Å². The maximum atomic E-state index is 12.3. The van der Waals surface area contributed by atoms with E-state index in [2.05, 4.69) is 31.2 Å². The molecule has 12 heteroatoms. The van der Waals surface area contributed by atoms with Crippen LogP contribution in [0.5, 0.6) is 0 Å². The predicted molar refractivity (Wildman–Crippen MR) is 144 cm³/mol. The van der Waals surface area contributed by atoms with E-state index in [0.717, 1.165) is 50.9 Å². The highest BCUT2D eigenvalue weighted by molar-refractivity contribution is 6.04. The van der Waals surface area contributed by atoms with Crippen LogP contribution in [0.4, 0.5) is 23.1 Å². The summed E-state index contributed by atoms with van der Waals surface area (Å²) in [6.07, 6.45) is 3.40. The SMILES string of the molecule is N#CCC1CCN(c2nc(C=N)c(C(N)=O)c(Nc3ccc(N4CCN(CCC(=O)O)CC4)cc3)n2)CC1. The molecule has 1 aromatic heterocycles. The van der Waals surface area contributed by atoms with Crippen LogP contribution >= 0.6 is 0 Å². The third-order valence-electron chi connectivity index (χ3n) is 7.10. The van der Waals surface area contributed by atoms with Gasteiger partial charge in [0.05, 0.1) is 12.5 Å². The molecule has 2 aliphatic heterocycles. The van der Waals surface area contributed by atoms with E-state index < -0.39 is 11.9 Å². The van der Waals surface area contributed by atoms with Gasteiger partial charge in [0.2, 0.25) is 5.95 Å². The van der Waals surface area contributed by atoms with Crippen molar-refractivity contribution in [2.75, 3.05) is 60.9 Å². The van der Waals surface area contributed by atoms with E-state index in [1.54, 1.807) is 0 Å². The fourth-order valence-corrected chi connectivity index (χ4v) is 4.89. The van der Waals surface area contributed by atoms with Crippen LogP contribution in [0.25, 0.3) is 0 Å². The number of anilines is 4. The molecule has 12 nitrogen and oxygen atoms in total. The average molecular weight is 520 g/mol. The molecule has 3 heterocycles. The number of nitrogens with zero attached hydrogens (tertiary/aromatic N) is 6. The number of carbonyl (C=O) groups excluding carboxylic acids is 1. The first-order valence-electron chi connectivity index (χ1n) is 12.8. The van der Waals surface area contributed by atoms with Crippen LogP contribution in [0.3, 0.4) is 0 Å². The van der Waals surface area contributed by atoms with Gasteiger partial charge in [-0.2, -0.15) is 10.2 Å². The zero-order chi connectivity index (χ0) is 27.1. The minimum Gasteiger partial charge on any atom is -0.481 e. The Morgan fingerprint density at radius 2 is 1.79 bits per heavy atom. The van der Waals surface area contributed by atoms with Gasteiger partial charge in [0, 0.05) is 69.8 Å². The summed E-state index contributed by atoms with van der Waals surface area (Å²) in [5.41, 5.74) is 7.62. The van der Waals surface area contributed by atoms with Crippen molar-refractivity contribution >= 4 is 41.2 Å². The van der Waals surface area contributed by atoms with Crippen molar-refractivity contribution in [3.63, 3.8) is 0 Å². The van der Waals surface area contributed by atoms with Gasteiger partial charge in [-0.15, -0.1) is 0 Å². The molecule has 0 saturated carbocycles. The Bertz CT molecular complexity index is 1200. The first kappa shape index (κ1) is 26.8. The monoisotopic (exact) mass is 519 g/mol. The van der Waals surface area contributed by atoms with Crippen molar-refractivity contribution in [3.8, 4) is 6.07 Å². The molecule has 0 atom stereocenters. The van der Waals surface area contributed by atoms with Gasteiger partial charge < -0.3 is 31.4 Å². The van der Waals surface area contributed by atoms with Crippen LogP contribution in [-0.2, 0) is 4.79 Å². The Labute approximate surface area is 221 Å². The number of benzene rings is 1. The molecule has 2 aliphatic rings. The zero-order valence-corrected chi connectivity index (χ0v) is 21.3. The van der Waals surface area contributed by atoms with E-state index >= 15 is 0 Å². The first-order chi connectivity index (χ1) is 18.4. The lowest BCUT2D eigenvalue weighted by atomic mass is 9.94. The number of piperidine rings is 1. The van der Waals surface area contributed by atoms with Crippen LogP contribution in [-0.4, -0.2) is 83.9 Å². The number of nitrogens with two attached hydrogens (primary N) is 1. The number of amides is 1. The van der Waals surface area contributed by atoms with Crippen molar-refractivity contribution in [2.24, 2.45) is 11.7 Å². The second-order valence-electron chi connectivity index (χ2n) is 9.58. The molecule has 2 saturated heterocycles. The second kappa shape index (κ2) is 12.3. The van der Waals surface area contributed by atoms with E-state index in [0.29, 0.717) is 43.6 Å². The fraction of sp³-hybridized carbons (Fsp3) is 0.462. The molecule has 0 spiro atoms. The maximum Gasteiger partial charge on any atom is 0.304 e. The molecule has 5 N–H and O–H groups in total. The van der Waals surface area contributed by atoms with Gasteiger partial charge in [0.25, 0.3) is 5.91 Å². The standard InChI is InChI=1S/C26H33N9O3/c27-9-5-18-6-11-35(12-7-18)26-31-21(17-28)23(24(29)38)25(32-26)30-19-1-3-20(4-2-19)34-15-13-33(14-16-34)10-8-22(36)37/h1-4,17-18,28H,5-8,10-16H2,(H2,29,38)(H,36,37)(H,30,31,32). The number of hydrogen-bond donors (Lipinski definition) is 4. The number of aliphatic carboxylic acids is 1. The normalized spacial score (nSPS) is 16.6. The molecule has 2 fully saturated rings. The molecule has 0 aliphatic carbocycles. The molecule has 0 radical (unpaired) electrons. The Hall–Kier alpha value is -4.24. The van der Waals surface area contributed by atoms with Gasteiger partial charge in [0.15, 0.2) is 0 Å². The number of carboxylic acid groups (broad SMARTS) is 1. The third kappa shape index (κ3) is 6.54. The number of rotatable bonds is 10. The van der Waals surface area contributed by atoms with Crippen LogP contribution in [0.2, 0.25) is 0 Å². The highest BCUT2D eigenvalue weighted by Gasteiger charge is 2.25. The Balaban J connectivity index is 1.47. The van der Waals surface area contributed by atoms with Gasteiger partial charge in [-0.05, 0) is 43.0 Å². The van der Waals surface area contributed by atoms with Crippen LogP contribution in [0.15, 0.2) is 24.3 Å². The Morgan fingerprint density at radius 1 is 1.11 bits per heavy atom. The molecule has 1 amide bonds. The average Bonchev–Trinajstić information content (AvgIpc) is 2.92. The van der Waals surface area contributed by atoms with Gasteiger partial charge in [-0.3, -0.25) is 14.5 Å². The predicted octanol–water partition coefficient (Wildman–Crippen LogP) is 2.04.